The lowest BCUT2D eigenvalue weighted by molar-refractivity contribution is 1.16. The van der Waals surface area contributed by atoms with Crippen LogP contribution in [0, 0.1) is 0 Å². The van der Waals surface area contributed by atoms with Crippen LogP contribution in [0.3, 0.4) is 0 Å². The number of nitrogens with zero attached hydrogens (tertiary/aromatic N) is 3. The van der Waals surface area contributed by atoms with Gasteiger partial charge in [0.05, 0.1) is 28.1 Å². The van der Waals surface area contributed by atoms with E-state index in [1.54, 1.807) is 0 Å². The van der Waals surface area contributed by atoms with Gasteiger partial charge in [0.15, 0.2) is 0 Å². The van der Waals surface area contributed by atoms with Crippen molar-refractivity contribution in [1.29, 1.82) is 0 Å². The molecule has 21 rings (SSSR count). The average molecular weight is 1370 g/mol. The second-order valence-electron chi connectivity index (χ2n) is 28.6. The third-order valence-electron chi connectivity index (χ3n) is 22.5. The van der Waals surface area contributed by atoms with Gasteiger partial charge in [-0.25, -0.2) is 0 Å². The van der Waals surface area contributed by atoms with Crippen LogP contribution in [0.5, 0.6) is 0 Å². The molecule has 0 amide bonds. The van der Waals surface area contributed by atoms with Crippen molar-refractivity contribution in [3.63, 3.8) is 0 Å². The largest absolute Gasteiger partial charge is 0.310 e. The zero-order chi connectivity index (χ0) is 71.2. The Hall–Kier alpha value is -14.1. The Bertz CT molecular complexity index is 6290. The van der Waals surface area contributed by atoms with Crippen molar-refractivity contribution in [2.75, 3.05) is 9.80 Å². The zero-order valence-electron chi connectivity index (χ0n) is 59.2. The predicted molar refractivity (Wildman–Crippen MR) is 459 cm³/mol. The smallest absolute Gasteiger partial charge is 0.252 e. The molecule has 4 heteroatoms. The summed E-state index contributed by atoms with van der Waals surface area (Å²) in [5.74, 6) is 0. The van der Waals surface area contributed by atoms with Crippen LogP contribution in [-0.2, 0) is 0 Å². The molecule has 108 heavy (non-hydrogen) atoms. The van der Waals surface area contributed by atoms with Crippen molar-refractivity contribution in [3.8, 4) is 106 Å². The maximum absolute atomic E-state index is 2.70. The van der Waals surface area contributed by atoms with E-state index in [4.69, 9.17) is 0 Å². The summed E-state index contributed by atoms with van der Waals surface area (Å²) in [5, 5.41) is 7.25. The first-order valence-electron chi connectivity index (χ1n) is 37.4. The van der Waals surface area contributed by atoms with E-state index < -0.39 is 0 Å². The molecular formula is C104H68BN3. The SMILES string of the molecule is c1ccc(-c2ccc3c(c2)B2c4cc(-c5ccccc5)ccc4N(c4c(-c5ccccc5)cc(-c5ccccc5)cc4-c4ccccc4)c4cc(-n5c6ccc(-c7cccc8ccccc78)cc6c6c7ccccc7ccc65)cc(c42)N3c2c(-c3ccccc3)cc(-c3ccccc3)cc2-c2ccccc2)cc1. The van der Waals surface area contributed by atoms with E-state index in [-0.39, 0.29) is 6.71 Å². The third kappa shape index (κ3) is 10.4. The molecule has 0 saturated carbocycles. The molecule has 0 fully saturated rings. The Balaban J connectivity index is 0.966. The molecule has 0 aliphatic carbocycles. The topological polar surface area (TPSA) is 11.4 Å². The van der Waals surface area contributed by atoms with E-state index in [0.29, 0.717) is 0 Å². The summed E-state index contributed by atoms with van der Waals surface area (Å²) >= 11 is 0. The highest BCUT2D eigenvalue weighted by Crippen LogP contribution is 2.56. The van der Waals surface area contributed by atoms with Crippen LogP contribution in [0.25, 0.3) is 149 Å². The Labute approximate surface area is 629 Å². The summed E-state index contributed by atoms with van der Waals surface area (Å²) in [5.41, 5.74) is 34.0. The van der Waals surface area contributed by atoms with Gasteiger partial charge in [0, 0.05) is 55.8 Å². The van der Waals surface area contributed by atoms with Gasteiger partial charge in [0.25, 0.3) is 6.71 Å². The van der Waals surface area contributed by atoms with Crippen molar-refractivity contribution >= 4 is 101 Å². The van der Waals surface area contributed by atoms with Gasteiger partial charge < -0.3 is 14.4 Å². The van der Waals surface area contributed by atoms with Gasteiger partial charge in [-0.1, -0.05) is 346 Å². The van der Waals surface area contributed by atoms with E-state index in [1.165, 1.54) is 59.8 Å². The highest BCUT2D eigenvalue weighted by molar-refractivity contribution is 7.00. The average Bonchev–Trinajstić information content (AvgIpc) is 0.879. The molecule has 502 valence electrons. The highest BCUT2D eigenvalue weighted by Gasteiger charge is 2.46. The third-order valence-corrected chi connectivity index (χ3v) is 22.5. The number of rotatable bonds is 12. The standard InChI is InChI=1S/C104H68BN3/c1-9-30-69(31-10-1)79-53-57-96-93(65-79)105-94-66-80(70-32-11-2-12-33-70)54-58-97(94)108(104-90(76-42-21-7-22-43-76)63-83(72-36-15-4-16-37-72)64-91(104)77-44-23-8-24-45-77)100-68-84(106-95-56-55-81(86-51-29-48-73-46-25-27-49-85(73)86)60-92(95)101-87-50-28-26-47-78(87)52-59-98(101)106)67-99(102(100)105)107(96)103-88(74-38-17-5-18-39-74)61-82(71-34-13-3-14-35-71)62-89(103)75-40-19-6-20-41-75/h1-68H. The molecule has 0 bridgehead atoms. The first-order chi connectivity index (χ1) is 53.6. The molecule has 3 nitrogen and oxygen atoms in total. The lowest BCUT2D eigenvalue weighted by Gasteiger charge is -2.46. The fourth-order valence-electron chi connectivity index (χ4n) is 17.6. The van der Waals surface area contributed by atoms with Crippen LogP contribution in [0.4, 0.5) is 34.1 Å². The van der Waals surface area contributed by atoms with Gasteiger partial charge in [-0.2, -0.15) is 0 Å². The first kappa shape index (κ1) is 62.5. The van der Waals surface area contributed by atoms with E-state index in [1.807, 2.05) is 0 Å². The quantitative estimate of drug-likeness (QED) is 0.113. The van der Waals surface area contributed by atoms with Crippen molar-refractivity contribution in [2.45, 2.75) is 0 Å². The zero-order valence-corrected chi connectivity index (χ0v) is 59.2. The molecule has 0 atom stereocenters. The van der Waals surface area contributed by atoms with Gasteiger partial charge in [0.2, 0.25) is 0 Å². The monoisotopic (exact) mass is 1370 g/mol. The molecule has 0 saturated heterocycles. The van der Waals surface area contributed by atoms with Gasteiger partial charge in [-0.15, -0.1) is 0 Å². The molecule has 3 heterocycles. The molecule has 0 spiro atoms. The Morgan fingerprint density at radius 2 is 0.546 bits per heavy atom. The number of benzene rings is 18. The van der Waals surface area contributed by atoms with E-state index in [0.717, 1.165) is 140 Å². The van der Waals surface area contributed by atoms with Gasteiger partial charge >= 0.3 is 0 Å². The predicted octanol–water partition coefficient (Wildman–Crippen LogP) is 26.2. The summed E-state index contributed by atoms with van der Waals surface area (Å²) in [6, 6.07) is 154. The van der Waals surface area contributed by atoms with Crippen LogP contribution >= 0.6 is 0 Å². The number of hydrogen-bond donors (Lipinski definition) is 0. The lowest BCUT2D eigenvalue weighted by atomic mass is 9.33. The van der Waals surface area contributed by atoms with Gasteiger partial charge in [-0.05, 0) is 183 Å². The van der Waals surface area contributed by atoms with Gasteiger partial charge in [0.1, 0.15) is 0 Å². The summed E-state index contributed by atoms with van der Waals surface area (Å²) < 4.78 is 2.59. The van der Waals surface area contributed by atoms with Crippen LogP contribution in [-0.4, -0.2) is 11.3 Å². The molecule has 18 aromatic carbocycles. The minimum absolute atomic E-state index is 0.299. The molecule has 1 aromatic heterocycles. The second-order valence-corrected chi connectivity index (χ2v) is 28.6. The highest BCUT2D eigenvalue weighted by atomic mass is 15.2. The number of hydrogen-bond acceptors (Lipinski definition) is 2. The van der Waals surface area contributed by atoms with Crippen LogP contribution in [0.15, 0.2) is 413 Å². The number of aromatic nitrogens is 1. The maximum atomic E-state index is 2.70. The minimum Gasteiger partial charge on any atom is -0.310 e. The normalized spacial score (nSPS) is 12.2. The lowest BCUT2D eigenvalue weighted by Crippen LogP contribution is -2.61. The van der Waals surface area contributed by atoms with Crippen molar-refractivity contribution in [1.82, 2.24) is 4.57 Å². The van der Waals surface area contributed by atoms with E-state index in [9.17, 15) is 0 Å². The van der Waals surface area contributed by atoms with Gasteiger partial charge in [-0.3, -0.25) is 0 Å². The second kappa shape index (κ2) is 26.0. The van der Waals surface area contributed by atoms with Crippen molar-refractivity contribution in [2.24, 2.45) is 0 Å². The summed E-state index contributed by atoms with van der Waals surface area (Å²) in [4.78, 5) is 5.40. The molecule has 2 aliphatic heterocycles. The molecule has 0 radical (unpaired) electrons. The summed E-state index contributed by atoms with van der Waals surface area (Å²) in [7, 11) is 0. The number of fused-ring (bicyclic) bond motifs is 10. The van der Waals surface area contributed by atoms with Crippen LogP contribution < -0.4 is 26.2 Å². The van der Waals surface area contributed by atoms with Crippen LogP contribution in [0.2, 0.25) is 0 Å². The first-order valence-corrected chi connectivity index (χ1v) is 37.4. The van der Waals surface area contributed by atoms with Crippen LogP contribution in [0.1, 0.15) is 0 Å². The Morgan fingerprint density at radius 3 is 0.981 bits per heavy atom. The summed E-state index contributed by atoms with van der Waals surface area (Å²) in [6.45, 7) is -0.299. The Kier molecular flexibility index (Phi) is 15.0. The molecule has 2 aliphatic rings. The van der Waals surface area contributed by atoms with E-state index in [2.05, 4.69) is 427 Å². The summed E-state index contributed by atoms with van der Waals surface area (Å²) in [6.07, 6.45) is 0. The van der Waals surface area contributed by atoms with Crippen molar-refractivity contribution in [3.05, 3.63) is 413 Å². The molecule has 19 aromatic rings. The Morgan fingerprint density at radius 1 is 0.194 bits per heavy atom. The number of anilines is 6. The fraction of sp³-hybridized carbons (Fsp3) is 0. The maximum Gasteiger partial charge on any atom is 0.252 e. The van der Waals surface area contributed by atoms with Crippen molar-refractivity contribution < 1.29 is 0 Å². The molecule has 0 N–H and O–H groups in total. The molecule has 0 unspecified atom stereocenters. The van der Waals surface area contributed by atoms with E-state index >= 15 is 0 Å². The molecular weight excluding hydrogens is 1300 g/mol. The fourth-order valence-corrected chi connectivity index (χ4v) is 17.6. The minimum atomic E-state index is -0.299.